The van der Waals surface area contributed by atoms with E-state index >= 15 is 0 Å². The van der Waals surface area contributed by atoms with E-state index in [1.807, 2.05) is 24.3 Å². The third kappa shape index (κ3) is 5.58. The minimum Gasteiger partial charge on any atom is -0.457 e. The van der Waals surface area contributed by atoms with Gasteiger partial charge in [0.15, 0.2) is 17.5 Å². The molecule has 5 nitrogen and oxygen atoms in total. The molecule has 312 valence electrons. The zero-order valence-corrected chi connectivity index (χ0v) is 36.1. The van der Waals surface area contributed by atoms with Crippen LogP contribution in [0, 0.1) is 0 Å². The molecule has 2 aliphatic rings. The summed E-state index contributed by atoms with van der Waals surface area (Å²) in [6.45, 7) is 0. The molecule has 0 N–H and O–H groups in total. The maximum absolute atomic E-state index is 7.05. The summed E-state index contributed by atoms with van der Waals surface area (Å²) >= 11 is 0. The van der Waals surface area contributed by atoms with Crippen LogP contribution in [0.25, 0.3) is 94.7 Å². The molecule has 0 bridgehead atoms. The van der Waals surface area contributed by atoms with Gasteiger partial charge in [-0.1, -0.05) is 194 Å². The molecule has 3 heterocycles. The molecule has 2 aromatic heterocycles. The highest BCUT2D eigenvalue weighted by molar-refractivity contribution is 6.22. The minimum atomic E-state index is -0.606. The molecule has 67 heavy (non-hydrogen) atoms. The first-order chi connectivity index (χ1) is 33.2. The van der Waals surface area contributed by atoms with Crippen LogP contribution in [0.1, 0.15) is 22.3 Å². The summed E-state index contributed by atoms with van der Waals surface area (Å²) in [5, 5.41) is 4.68. The lowest BCUT2D eigenvalue weighted by Crippen LogP contribution is -2.32. The minimum absolute atomic E-state index is 0.601. The Kier molecular flexibility index (Phi) is 8.13. The average molecular weight is 855 g/mol. The third-order valence-corrected chi connectivity index (χ3v) is 13.9. The molecule has 0 unspecified atom stereocenters. The van der Waals surface area contributed by atoms with Gasteiger partial charge in [0.25, 0.3) is 0 Å². The molecule has 0 amide bonds. The number of benzene rings is 10. The smallest absolute Gasteiger partial charge is 0.164 e. The molecular weight excluding hydrogens is 817 g/mol. The van der Waals surface area contributed by atoms with Crippen molar-refractivity contribution in [3.8, 4) is 73.6 Å². The van der Waals surface area contributed by atoms with E-state index in [4.69, 9.17) is 19.7 Å². The van der Waals surface area contributed by atoms with E-state index in [0.29, 0.717) is 17.5 Å². The summed E-state index contributed by atoms with van der Waals surface area (Å²) in [4.78, 5) is 15.5. The van der Waals surface area contributed by atoms with E-state index in [0.717, 1.165) is 72.6 Å². The number of hydrogen-bond acceptors (Lipinski definition) is 4. The van der Waals surface area contributed by atoms with Crippen LogP contribution in [0.3, 0.4) is 0 Å². The second-order valence-electron chi connectivity index (χ2n) is 17.5. The lowest BCUT2D eigenvalue weighted by Gasteiger charge is -2.39. The molecule has 1 aliphatic carbocycles. The fourth-order valence-corrected chi connectivity index (χ4v) is 11.0. The zero-order valence-electron chi connectivity index (χ0n) is 36.1. The number of fused-ring (bicyclic) bond motifs is 14. The highest BCUT2D eigenvalue weighted by atomic mass is 16.5. The number of ether oxygens (including phenoxy) is 1. The fraction of sp³-hybridized carbons (Fsp3) is 0.0161. The van der Waals surface area contributed by atoms with Gasteiger partial charge in [0.2, 0.25) is 0 Å². The van der Waals surface area contributed by atoms with Gasteiger partial charge in [-0.05, 0) is 80.6 Å². The molecule has 0 fully saturated rings. The van der Waals surface area contributed by atoms with Crippen molar-refractivity contribution >= 4 is 32.6 Å². The van der Waals surface area contributed by atoms with Crippen LogP contribution in [0.2, 0.25) is 0 Å². The van der Waals surface area contributed by atoms with Gasteiger partial charge in [0.05, 0.1) is 16.4 Å². The van der Waals surface area contributed by atoms with Crippen LogP contribution < -0.4 is 4.74 Å². The van der Waals surface area contributed by atoms with Gasteiger partial charge in [-0.3, -0.25) is 0 Å². The molecule has 10 aromatic carbocycles. The Labute approximate surface area is 386 Å². The Morgan fingerprint density at radius 3 is 1.63 bits per heavy atom. The largest absolute Gasteiger partial charge is 0.457 e. The molecule has 1 spiro atoms. The number of para-hydroxylation sites is 1. The van der Waals surface area contributed by atoms with Gasteiger partial charge in [0, 0.05) is 44.3 Å². The number of rotatable bonds is 5. The third-order valence-electron chi connectivity index (χ3n) is 13.9. The summed E-state index contributed by atoms with van der Waals surface area (Å²) in [5.74, 6) is 3.58. The van der Waals surface area contributed by atoms with Crippen LogP contribution >= 0.6 is 0 Å². The molecule has 0 atom stereocenters. The van der Waals surface area contributed by atoms with Gasteiger partial charge >= 0.3 is 0 Å². The predicted molar refractivity (Wildman–Crippen MR) is 271 cm³/mol. The standard InChI is InChI=1S/C62H38N4O/c1-3-16-39(17-4-1)40-30-32-43(33-31-40)60-63-59(42-19-5-2-6-20-42)64-61(65-60)44-21-15-22-45(36-44)66-54-35-34-41-18-7-8-23-46(41)58(54)49-37-57-53(38-55(49)66)62(52-28-13-14-29-56(52)67-57)50-26-11-9-24-47(50)48-25-10-12-27-51(48)62/h1-38H. The Bertz CT molecular complexity index is 3900. The average Bonchev–Trinajstić information content (AvgIpc) is 3.89. The van der Waals surface area contributed by atoms with E-state index < -0.39 is 5.41 Å². The fourth-order valence-electron chi connectivity index (χ4n) is 11.0. The molecule has 12 aromatic rings. The van der Waals surface area contributed by atoms with E-state index in [1.165, 1.54) is 38.4 Å². The number of nitrogens with zero attached hydrogens (tertiary/aromatic N) is 4. The molecule has 0 radical (unpaired) electrons. The van der Waals surface area contributed by atoms with Gasteiger partial charge in [-0.15, -0.1) is 0 Å². The Balaban J connectivity index is 1.01. The zero-order chi connectivity index (χ0) is 44.1. The van der Waals surface area contributed by atoms with Crippen molar-refractivity contribution in [3.63, 3.8) is 0 Å². The van der Waals surface area contributed by atoms with Crippen molar-refractivity contribution < 1.29 is 4.74 Å². The van der Waals surface area contributed by atoms with Crippen molar-refractivity contribution in [3.05, 3.63) is 253 Å². The second kappa shape index (κ2) is 14.5. The lowest BCUT2D eigenvalue weighted by atomic mass is 9.66. The summed E-state index contributed by atoms with van der Waals surface area (Å²) in [6.07, 6.45) is 0. The Hall–Kier alpha value is -8.93. The maximum Gasteiger partial charge on any atom is 0.164 e. The summed E-state index contributed by atoms with van der Waals surface area (Å²) in [6, 6.07) is 82.0. The van der Waals surface area contributed by atoms with Crippen molar-refractivity contribution in [2.75, 3.05) is 0 Å². The molecule has 5 heteroatoms. The van der Waals surface area contributed by atoms with E-state index in [1.54, 1.807) is 0 Å². The summed E-state index contributed by atoms with van der Waals surface area (Å²) in [7, 11) is 0. The normalized spacial score (nSPS) is 13.0. The summed E-state index contributed by atoms with van der Waals surface area (Å²) in [5.41, 5.74) is 14.9. The van der Waals surface area contributed by atoms with Crippen molar-refractivity contribution in [1.29, 1.82) is 0 Å². The van der Waals surface area contributed by atoms with Gasteiger partial charge in [-0.25, -0.2) is 15.0 Å². The first-order valence-corrected chi connectivity index (χ1v) is 22.8. The van der Waals surface area contributed by atoms with Crippen LogP contribution in [0.4, 0.5) is 0 Å². The predicted octanol–water partition coefficient (Wildman–Crippen LogP) is 15.3. The maximum atomic E-state index is 7.05. The Morgan fingerprint density at radius 2 is 0.896 bits per heavy atom. The molecule has 0 saturated heterocycles. The molecule has 1 aliphatic heterocycles. The first-order valence-electron chi connectivity index (χ1n) is 22.8. The number of hydrogen-bond donors (Lipinski definition) is 0. The SMILES string of the molecule is c1ccc(-c2ccc(-c3nc(-c4ccccc4)nc(-c4cccc(-n5c6cc7c(cc6c6c8ccccc8ccc65)Oc5ccccc5C75c6ccccc6-c6ccccc65)c4)n3)cc2)cc1. The quantitative estimate of drug-likeness (QED) is 0.173. The highest BCUT2D eigenvalue weighted by Crippen LogP contribution is 2.62. The summed E-state index contributed by atoms with van der Waals surface area (Å²) < 4.78 is 9.47. The second-order valence-corrected chi connectivity index (χ2v) is 17.5. The van der Waals surface area contributed by atoms with Crippen LogP contribution in [-0.2, 0) is 5.41 Å². The monoisotopic (exact) mass is 854 g/mol. The van der Waals surface area contributed by atoms with E-state index in [2.05, 4.69) is 211 Å². The van der Waals surface area contributed by atoms with Gasteiger partial charge < -0.3 is 9.30 Å². The van der Waals surface area contributed by atoms with Crippen molar-refractivity contribution in [2.45, 2.75) is 5.41 Å². The van der Waals surface area contributed by atoms with Crippen LogP contribution in [0.15, 0.2) is 231 Å². The van der Waals surface area contributed by atoms with Gasteiger partial charge in [-0.2, -0.15) is 0 Å². The highest BCUT2D eigenvalue weighted by Gasteiger charge is 2.51. The molecular formula is C62H38N4O. The first kappa shape index (κ1) is 37.4. The van der Waals surface area contributed by atoms with Crippen molar-refractivity contribution in [1.82, 2.24) is 19.5 Å². The van der Waals surface area contributed by atoms with E-state index in [-0.39, 0.29) is 0 Å². The van der Waals surface area contributed by atoms with E-state index in [9.17, 15) is 0 Å². The number of aromatic nitrogens is 4. The van der Waals surface area contributed by atoms with Crippen LogP contribution in [0.5, 0.6) is 11.5 Å². The topological polar surface area (TPSA) is 52.8 Å². The lowest BCUT2D eigenvalue weighted by molar-refractivity contribution is 0.437. The van der Waals surface area contributed by atoms with Crippen LogP contribution in [-0.4, -0.2) is 19.5 Å². The van der Waals surface area contributed by atoms with Gasteiger partial charge in [0.1, 0.15) is 11.5 Å². The van der Waals surface area contributed by atoms with Crippen molar-refractivity contribution in [2.24, 2.45) is 0 Å². The molecule has 0 saturated carbocycles. The Morgan fingerprint density at radius 1 is 0.343 bits per heavy atom. The molecule has 14 rings (SSSR count).